The van der Waals surface area contributed by atoms with Crippen molar-refractivity contribution in [1.82, 2.24) is 5.01 Å². The molecule has 0 unspecified atom stereocenters. The van der Waals surface area contributed by atoms with Crippen LogP contribution < -0.4 is 5.01 Å². The molecule has 0 saturated heterocycles. The zero-order chi connectivity index (χ0) is 15.0. The minimum atomic E-state index is -1.41. The van der Waals surface area contributed by atoms with Gasteiger partial charge in [-0.1, -0.05) is 30.3 Å². The number of rotatable bonds is 2. The quantitative estimate of drug-likeness (QED) is 0.858. The lowest BCUT2D eigenvalue weighted by atomic mass is 10.1. The number of carbonyl (C=O) groups excluding carboxylic acids is 2. The molecule has 0 spiro atoms. The van der Waals surface area contributed by atoms with E-state index in [1.807, 2.05) is 0 Å². The van der Waals surface area contributed by atoms with Crippen LogP contribution in [0.15, 0.2) is 54.6 Å². The van der Waals surface area contributed by atoms with Crippen LogP contribution >= 0.6 is 0 Å². The van der Waals surface area contributed by atoms with E-state index in [9.17, 15) is 19.5 Å². The third-order valence-corrected chi connectivity index (χ3v) is 3.15. The molecule has 1 aliphatic heterocycles. The van der Waals surface area contributed by atoms with Gasteiger partial charge in [0.25, 0.3) is 11.8 Å². The number of hydrogen-bond acceptors (Lipinski definition) is 3. The van der Waals surface area contributed by atoms with E-state index in [1.165, 1.54) is 24.3 Å². The van der Waals surface area contributed by atoms with Gasteiger partial charge in [0, 0.05) is 0 Å². The highest BCUT2D eigenvalue weighted by Gasteiger charge is 2.41. The van der Waals surface area contributed by atoms with Crippen molar-refractivity contribution >= 4 is 23.6 Å². The highest BCUT2D eigenvalue weighted by molar-refractivity contribution is 6.23. The van der Waals surface area contributed by atoms with Gasteiger partial charge in [-0.25, -0.2) is 4.79 Å². The first-order chi connectivity index (χ1) is 10.1. The Bertz CT molecular complexity index is 707. The first-order valence-electron chi connectivity index (χ1n) is 6.17. The van der Waals surface area contributed by atoms with E-state index in [4.69, 9.17) is 0 Å². The molecule has 0 radical (unpaired) electrons. The number of benzene rings is 2. The summed E-state index contributed by atoms with van der Waals surface area (Å²) < 4.78 is 0. The fraction of sp³-hybridized carbons (Fsp3) is 0. The topological polar surface area (TPSA) is 77.9 Å². The molecular formula is C15H10N2O4. The molecule has 3 rings (SSSR count). The third kappa shape index (κ3) is 1.93. The first kappa shape index (κ1) is 12.9. The predicted molar refractivity (Wildman–Crippen MR) is 73.9 cm³/mol. The van der Waals surface area contributed by atoms with Crippen LogP contribution in [0.25, 0.3) is 0 Å². The van der Waals surface area contributed by atoms with E-state index in [1.54, 1.807) is 30.3 Å². The van der Waals surface area contributed by atoms with E-state index in [2.05, 4.69) is 0 Å². The van der Waals surface area contributed by atoms with Crippen molar-refractivity contribution in [3.63, 3.8) is 0 Å². The van der Waals surface area contributed by atoms with E-state index in [0.717, 1.165) is 0 Å². The Labute approximate surface area is 119 Å². The number of amides is 3. The zero-order valence-electron chi connectivity index (χ0n) is 10.8. The Morgan fingerprint density at radius 3 is 1.81 bits per heavy atom. The summed E-state index contributed by atoms with van der Waals surface area (Å²) in [6.07, 6.45) is -1.41. The van der Waals surface area contributed by atoms with Crippen molar-refractivity contribution in [2.24, 2.45) is 0 Å². The van der Waals surface area contributed by atoms with Gasteiger partial charge in [-0.3, -0.25) is 9.59 Å². The lowest BCUT2D eigenvalue weighted by Gasteiger charge is -2.26. The maximum atomic E-state index is 12.3. The van der Waals surface area contributed by atoms with Gasteiger partial charge in [-0.05, 0) is 24.3 Å². The first-order valence-corrected chi connectivity index (χ1v) is 6.17. The molecule has 1 N–H and O–H groups in total. The number of imide groups is 1. The molecule has 1 heterocycles. The lowest BCUT2D eigenvalue weighted by Crippen LogP contribution is -2.49. The Balaban J connectivity index is 2.09. The van der Waals surface area contributed by atoms with Gasteiger partial charge >= 0.3 is 6.09 Å². The number of carboxylic acid groups (broad SMARTS) is 1. The maximum Gasteiger partial charge on any atom is 0.431 e. The van der Waals surface area contributed by atoms with Gasteiger partial charge in [0.15, 0.2) is 0 Å². The molecular weight excluding hydrogens is 272 g/mol. The Kier molecular flexibility index (Phi) is 2.91. The second-order valence-electron chi connectivity index (χ2n) is 4.40. The summed E-state index contributed by atoms with van der Waals surface area (Å²) in [7, 11) is 0. The van der Waals surface area contributed by atoms with Crippen molar-refractivity contribution in [3.05, 3.63) is 65.7 Å². The van der Waals surface area contributed by atoms with Crippen LogP contribution in [0.1, 0.15) is 20.7 Å². The SMILES string of the molecule is O=C1c2ccccc2C(=O)N1N(C(=O)O)c1ccccc1. The third-order valence-electron chi connectivity index (χ3n) is 3.15. The summed E-state index contributed by atoms with van der Waals surface area (Å²) in [5.41, 5.74) is 0.619. The van der Waals surface area contributed by atoms with Crippen molar-refractivity contribution in [2.45, 2.75) is 0 Å². The molecule has 0 fully saturated rings. The van der Waals surface area contributed by atoms with Gasteiger partial charge in [-0.15, -0.1) is 0 Å². The Morgan fingerprint density at radius 1 is 0.857 bits per heavy atom. The molecule has 21 heavy (non-hydrogen) atoms. The predicted octanol–water partition coefficient (Wildman–Crippen LogP) is 2.38. The van der Waals surface area contributed by atoms with E-state index >= 15 is 0 Å². The minimum absolute atomic E-state index is 0.199. The smallest absolute Gasteiger partial charge is 0.431 e. The molecule has 2 aromatic rings. The standard InChI is InChI=1S/C15H10N2O4/c18-13-11-8-4-5-9-12(11)14(19)17(13)16(15(20)21)10-6-2-1-3-7-10/h1-9H,(H,20,21). The number of para-hydroxylation sites is 1. The molecule has 6 heteroatoms. The van der Waals surface area contributed by atoms with Crippen LogP contribution in [-0.2, 0) is 0 Å². The van der Waals surface area contributed by atoms with Gasteiger partial charge in [0.1, 0.15) is 0 Å². The van der Waals surface area contributed by atoms with Crippen molar-refractivity contribution in [1.29, 1.82) is 0 Å². The largest absolute Gasteiger partial charge is 0.463 e. The average Bonchev–Trinajstić information content (AvgIpc) is 2.74. The Morgan fingerprint density at radius 2 is 1.33 bits per heavy atom. The van der Waals surface area contributed by atoms with Crippen LogP contribution in [-0.4, -0.2) is 28.0 Å². The van der Waals surface area contributed by atoms with Crippen LogP contribution in [0.3, 0.4) is 0 Å². The van der Waals surface area contributed by atoms with Gasteiger partial charge in [0.05, 0.1) is 16.8 Å². The summed E-state index contributed by atoms with van der Waals surface area (Å²) >= 11 is 0. The molecule has 0 aliphatic carbocycles. The minimum Gasteiger partial charge on any atom is -0.463 e. The van der Waals surface area contributed by atoms with Gasteiger partial charge in [-0.2, -0.15) is 10.0 Å². The molecule has 1 aliphatic rings. The van der Waals surface area contributed by atoms with Crippen molar-refractivity contribution < 1.29 is 19.5 Å². The summed E-state index contributed by atoms with van der Waals surface area (Å²) in [4.78, 5) is 36.2. The fourth-order valence-electron chi connectivity index (χ4n) is 2.24. The highest BCUT2D eigenvalue weighted by Crippen LogP contribution is 2.27. The van der Waals surface area contributed by atoms with Crippen LogP contribution in [0.5, 0.6) is 0 Å². The molecule has 6 nitrogen and oxygen atoms in total. The maximum absolute atomic E-state index is 12.3. The lowest BCUT2D eigenvalue weighted by molar-refractivity contribution is 0.0627. The Hall–Kier alpha value is -3.15. The highest BCUT2D eigenvalue weighted by atomic mass is 16.4. The molecule has 104 valence electrons. The van der Waals surface area contributed by atoms with Gasteiger partial charge in [0.2, 0.25) is 0 Å². The number of fused-ring (bicyclic) bond motifs is 1. The molecule has 0 saturated carbocycles. The molecule has 3 amide bonds. The van der Waals surface area contributed by atoms with E-state index < -0.39 is 17.9 Å². The molecule has 0 bridgehead atoms. The number of hydrogen-bond donors (Lipinski definition) is 1. The van der Waals surface area contributed by atoms with E-state index in [0.29, 0.717) is 10.0 Å². The molecule has 2 aromatic carbocycles. The monoisotopic (exact) mass is 282 g/mol. The molecule has 0 aromatic heterocycles. The number of anilines is 1. The van der Waals surface area contributed by atoms with E-state index in [-0.39, 0.29) is 16.8 Å². The van der Waals surface area contributed by atoms with Crippen LogP contribution in [0, 0.1) is 0 Å². The number of hydrazine groups is 1. The second-order valence-corrected chi connectivity index (χ2v) is 4.40. The summed E-state index contributed by atoms with van der Waals surface area (Å²) in [6.45, 7) is 0. The second kappa shape index (κ2) is 4.75. The van der Waals surface area contributed by atoms with Crippen LogP contribution in [0.2, 0.25) is 0 Å². The van der Waals surface area contributed by atoms with Crippen LogP contribution in [0.4, 0.5) is 10.5 Å². The normalized spacial score (nSPS) is 13.2. The number of nitrogens with zero attached hydrogens (tertiary/aromatic N) is 2. The van der Waals surface area contributed by atoms with Gasteiger partial charge < -0.3 is 5.11 Å². The fourth-order valence-corrected chi connectivity index (χ4v) is 2.24. The average molecular weight is 282 g/mol. The van der Waals surface area contributed by atoms with Crippen molar-refractivity contribution in [2.75, 3.05) is 5.01 Å². The van der Waals surface area contributed by atoms with Crippen molar-refractivity contribution in [3.8, 4) is 0 Å². The summed E-state index contributed by atoms with van der Waals surface area (Å²) in [5.74, 6) is -1.30. The number of carbonyl (C=O) groups is 3. The summed E-state index contributed by atoms with van der Waals surface area (Å²) in [6, 6.07) is 14.2. The zero-order valence-corrected chi connectivity index (χ0v) is 10.8. The summed E-state index contributed by atoms with van der Waals surface area (Å²) in [5, 5.41) is 10.7. The molecule has 0 atom stereocenters.